The third-order valence-corrected chi connectivity index (χ3v) is 5.98. The van der Waals surface area contributed by atoms with Gasteiger partial charge in [-0.05, 0) is 37.0 Å². The molecule has 36 heavy (non-hydrogen) atoms. The molecule has 0 amide bonds. The van der Waals surface area contributed by atoms with Gasteiger partial charge in [-0.3, -0.25) is 10.1 Å². The standard InChI is InChI=1S/C28H30N2O6/c1-17(2)23(15-14-20-10-7-6-8-11-20)36-28(32)25-19(4)29-18(3)24(27(31)35-5)26(25)21-12-9-13-22(16-21)30(33)34/h6-17,23,26,29H,1-5H3. The molecule has 1 heterocycles. The lowest BCUT2D eigenvalue weighted by Crippen LogP contribution is -2.34. The van der Waals surface area contributed by atoms with E-state index < -0.39 is 28.9 Å². The summed E-state index contributed by atoms with van der Waals surface area (Å²) in [6.45, 7) is 7.29. The minimum Gasteiger partial charge on any atom is -0.466 e. The molecule has 0 bridgehead atoms. The largest absolute Gasteiger partial charge is 0.466 e. The highest BCUT2D eigenvalue weighted by Gasteiger charge is 2.39. The number of nitrogens with one attached hydrogen (secondary N) is 1. The first kappa shape index (κ1) is 26.4. The van der Waals surface area contributed by atoms with E-state index >= 15 is 0 Å². The number of nitro groups is 1. The molecule has 2 aromatic rings. The Kier molecular flexibility index (Phi) is 8.42. The van der Waals surface area contributed by atoms with Gasteiger partial charge < -0.3 is 14.8 Å². The van der Waals surface area contributed by atoms with Gasteiger partial charge in [0.1, 0.15) is 6.10 Å². The average Bonchev–Trinajstić information content (AvgIpc) is 2.86. The number of hydrogen-bond donors (Lipinski definition) is 1. The Balaban J connectivity index is 2.04. The number of allylic oxidation sites excluding steroid dienone is 2. The van der Waals surface area contributed by atoms with Gasteiger partial charge in [0.2, 0.25) is 0 Å². The van der Waals surface area contributed by atoms with Crippen molar-refractivity contribution in [1.29, 1.82) is 0 Å². The number of non-ortho nitro benzene ring substituents is 1. The van der Waals surface area contributed by atoms with E-state index in [-0.39, 0.29) is 22.8 Å². The molecule has 0 aliphatic carbocycles. The van der Waals surface area contributed by atoms with Crippen LogP contribution in [0, 0.1) is 16.0 Å². The number of methoxy groups -OCH3 is 1. The molecule has 1 aliphatic heterocycles. The molecule has 188 valence electrons. The fraction of sp³-hybridized carbons (Fsp3) is 0.286. The van der Waals surface area contributed by atoms with Crippen molar-refractivity contribution >= 4 is 23.7 Å². The normalized spacial score (nSPS) is 16.7. The van der Waals surface area contributed by atoms with Crippen LogP contribution in [0.4, 0.5) is 5.69 Å². The molecule has 8 heteroatoms. The predicted octanol–water partition coefficient (Wildman–Crippen LogP) is 5.28. The summed E-state index contributed by atoms with van der Waals surface area (Å²) in [6.07, 6.45) is 3.17. The van der Waals surface area contributed by atoms with Crippen LogP contribution in [-0.2, 0) is 19.1 Å². The van der Waals surface area contributed by atoms with Crippen LogP contribution in [-0.4, -0.2) is 30.1 Å². The number of hydrogen-bond acceptors (Lipinski definition) is 7. The zero-order chi connectivity index (χ0) is 26.4. The van der Waals surface area contributed by atoms with Crippen molar-refractivity contribution in [2.45, 2.75) is 39.7 Å². The number of rotatable bonds is 8. The second kappa shape index (κ2) is 11.5. The third-order valence-electron chi connectivity index (χ3n) is 5.98. The Morgan fingerprint density at radius 1 is 1.00 bits per heavy atom. The lowest BCUT2D eigenvalue weighted by molar-refractivity contribution is -0.384. The van der Waals surface area contributed by atoms with Crippen molar-refractivity contribution < 1.29 is 24.0 Å². The van der Waals surface area contributed by atoms with E-state index in [9.17, 15) is 19.7 Å². The summed E-state index contributed by atoms with van der Waals surface area (Å²) in [7, 11) is 1.25. The number of carbonyl (C=O) groups excluding carboxylic acids is 2. The minimum atomic E-state index is -0.906. The molecule has 0 spiro atoms. The topological polar surface area (TPSA) is 108 Å². The molecule has 8 nitrogen and oxygen atoms in total. The number of dihydropyridines is 1. The van der Waals surface area contributed by atoms with Crippen LogP contribution >= 0.6 is 0 Å². The van der Waals surface area contributed by atoms with Gasteiger partial charge in [-0.1, -0.05) is 62.4 Å². The predicted molar refractivity (Wildman–Crippen MR) is 137 cm³/mol. The van der Waals surface area contributed by atoms with Crippen LogP contribution in [0.3, 0.4) is 0 Å². The number of benzene rings is 2. The molecule has 2 aromatic carbocycles. The Hall–Kier alpha value is -4.20. The number of esters is 2. The van der Waals surface area contributed by atoms with Crippen molar-refractivity contribution in [3.05, 3.63) is 104 Å². The van der Waals surface area contributed by atoms with Gasteiger partial charge in [0.25, 0.3) is 5.69 Å². The maximum atomic E-state index is 13.6. The number of nitro benzene ring substituents is 1. The van der Waals surface area contributed by atoms with Crippen LogP contribution in [0.2, 0.25) is 0 Å². The van der Waals surface area contributed by atoms with Crippen molar-refractivity contribution in [2.24, 2.45) is 5.92 Å². The lowest BCUT2D eigenvalue weighted by atomic mass is 9.80. The minimum absolute atomic E-state index is 0.0278. The summed E-state index contributed by atoms with van der Waals surface area (Å²) in [5, 5.41) is 14.5. The molecule has 0 saturated heterocycles. The molecule has 1 aliphatic rings. The van der Waals surface area contributed by atoms with E-state index in [0.717, 1.165) is 5.56 Å². The summed E-state index contributed by atoms with van der Waals surface area (Å²) in [4.78, 5) is 37.4. The first-order valence-electron chi connectivity index (χ1n) is 11.6. The maximum absolute atomic E-state index is 13.6. The summed E-state index contributed by atoms with van der Waals surface area (Å²) in [6, 6.07) is 15.6. The first-order chi connectivity index (χ1) is 17.1. The number of nitrogens with zero attached hydrogens (tertiary/aromatic N) is 1. The highest BCUT2D eigenvalue weighted by molar-refractivity contribution is 6.00. The van der Waals surface area contributed by atoms with Gasteiger partial charge in [0, 0.05) is 23.5 Å². The maximum Gasteiger partial charge on any atom is 0.337 e. The van der Waals surface area contributed by atoms with Crippen LogP contribution in [0.1, 0.15) is 44.7 Å². The first-order valence-corrected chi connectivity index (χ1v) is 11.6. The Bertz CT molecular complexity index is 1240. The Morgan fingerprint density at radius 3 is 2.22 bits per heavy atom. The van der Waals surface area contributed by atoms with E-state index in [0.29, 0.717) is 17.0 Å². The molecular weight excluding hydrogens is 460 g/mol. The second-order valence-corrected chi connectivity index (χ2v) is 8.86. The highest BCUT2D eigenvalue weighted by Crippen LogP contribution is 2.40. The van der Waals surface area contributed by atoms with E-state index in [4.69, 9.17) is 9.47 Å². The monoisotopic (exact) mass is 490 g/mol. The second-order valence-electron chi connectivity index (χ2n) is 8.86. The van der Waals surface area contributed by atoms with Crippen LogP contribution in [0.15, 0.2) is 83.2 Å². The SMILES string of the molecule is COC(=O)C1=C(C)NC(C)=C(C(=O)OC(C=Cc2ccccc2)C(C)C)C1c1cccc([N+](=O)[O-])c1. The van der Waals surface area contributed by atoms with Crippen molar-refractivity contribution in [3.8, 4) is 0 Å². The van der Waals surface area contributed by atoms with Gasteiger partial charge in [-0.2, -0.15) is 0 Å². The van der Waals surface area contributed by atoms with Crippen molar-refractivity contribution in [1.82, 2.24) is 5.32 Å². The smallest absolute Gasteiger partial charge is 0.337 e. The van der Waals surface area contributed by atoms with E-state index in [2.05, 4.69) is 5.32 Å². The molecule has 1 N–H and O–H groups in total. The molecule has 0 aromatic heterocycles. The van der Waals surface area contributed by atoms with Crippen LogP contribution in [0.25, 0.3) is 6.08 Å². The summed E-state index contributed by atoms with van der Waals surface area (Å²) >= 11 is 0. The average molecular weight is 491 g/mol. The van der Waals surface area contributed by atoms with E-state index in [1.165, 1.54) is 25.3 Å². The molecule has 3 rings (SSSR count). The number of carbonyl (C=O) groups is 2. The Morgan fingerprint density at radius 2 is 1.64 bits per heavy atom. The lowest BCUT2D eigenvalue weighted by Gasteiger charge is -2.31. The third kappa shape index (κ3) is 5.89. The summed E-state index contributed by atoms with van der Waals surface area (Å²) in [5.41, 5.74) is 2.61. The van der Waals surface area contributed by atoms with Gasteiger partial charge >= 0.3 is 11.9 Å². The fourth-order valence-electron chi connectivity index (χ4n) is 4.15. The van der Waals surface area contributed by atoms with Gasteiger partial charge in [0.05, 0.1) is 29.1 Å². The van der Waals surface area contributed by atoms with Crippen LogP contribution < -0.4 is 5.32 Å². The fourth-order valence-corrected chi connectivity index (χ4v) is 4.15. The van der Waals surface area contributed by atoms with Crippen molar-refractivity contribution in [2.75, 3.05) is 7.11 Å². The van der Waals surface area contributed by atoms with Gasteiger partial charge in [-0.15, -0.1) is 0 Å². The highest BCUT2D eigenvalue weighted by atomic mass is 16.6. The molecule has 0 radical (unpaired) electrons. The summed E-state index contributed by atoms with van der Waals surface area (Å²) < 4.78 is 10.9. The van der Waals surface area contributed by atoms with Gasteiger partial charge in [-0.25, -0.2) is 9.59 Å². The Labute approximate surface area is 210 Å². The molecule has 2 unspecified atom stereocenters. The molecule has 2 atom stereocenters. The van der Waals surface area contributed by atoms with Crippen molar-refractivity contribution in [3.63, 3.8) is 0 Å². The van der Waals surface area contributed by atoms with Gasteiger partial charge in [0.15, 0.2) is 0 Å². The zero-order valence-electron chi connectivity index (χ0n) is 21.0. The molecule has 0 saturated carbocycles. The quantitative estimate of drug-likeness (QED) is 0.304. The zero-order valence-corrected chi connectivity index (χ0v) is 21.0. The van der Waals surface area contributed by atoms with E-state index in [1.807, 2.05) is 56.3 Å². The molecular formula is C28H30N2O6. The van der Waals surface area contributed by atoms with Crippen LogP contribution in [0.5, 0.6) is 0 Å². The van der Waals surface area contributed by atoms with E-state index in [1.54, 1.807) is 19.9 Å². The summed E-state index contributed by atoms with van der Waals surface area (Å²) in [5.74, 6) is -2.20. The number of ether oxygens (including phenoxy) is 2. The molecule has 0 fully saturated rings.